The maximum Gasteiger partial charge on any atom is 0.228 e. The van der Waals surface area contributed by atoms with Crippen molar-refractivity contribution in [2.45, 2.75) is 33.7 Å². The molecule has 0 fully saturated rings. The summed E-state index contributed by atoms with van der Waals surface area (Å²) >= 11 is 0. The van der Waals surface area contributed by atoms with E-state index in [4.69, 9.17) is 29.7 Å². The fourth-order valence-electron chi connectivity index (χ4n) is 3.99. The van der Waals surface area contributed by atoms with Crippen molar-refractivity contribution in [2.75, 3.05) is 44.1 Å². The molecule has 2 aromatic carbocycles. The number of benzene rings is 2. The summed E-state index contributed by atoms with van der Waals surface area (Å²) in [6.07, 6.45) is 0.854. The van der Waals surface area contributed by atoms with E-state index in [0.29, 0.717) is 49.6 Å². The molecule has 0 unspecified atom stereocenters. The number of nitrogens with zero attached hydrogens (tertiary/aromatic N) is 3. The molecule has 170 valence electrons. The molecule has 32 heavy (non-hydrogen) atoms. The minimum Gasteiger partial charge on any atom is -0.493 e. The third-order valence-electron chi connectivity index (χ3n) is 5.46. The first-order valence-corrected chi connectivity index (χ1v) is 11.0. The topological polar surface area (TPSA) is 92.0 Å². The highest BCUT2D eigenvalue weighted by Crippen LogP contribution is 2.37. The highest BCUT2D eigenvalue weighted by atomic mass is 16.5. The molecule has 0 spiro atoms. The van der Waals surface area contributed by atoms with Crippen LogP contribution in [0.2, 0.25) is 0 Å². The van der Waals surface area contributed by atoms with Crippen molar-refractivity contribution in [3.05, 3.63) is 35.4 Å². The number of methoxy groups -OCH3 is 1. The van der Waals surface area contributed by atoms with E-state index in [-0.39, 0.29) is 0 Å². The molecular weight excluding hydrogens is 408 g/mol. The van der Waals surface area contributed by atoms with Gasteiger partial charge >= 0.3 is 0 Å². The van der Waals surface area contributed by atoms with Crippen molar-refractivity contribution >= 4 is 22.7 Å². The number of anilines is 2. The number of fused-ring (bicyclic) bond motifs is 2. The van der Waals surface area contributed by atoms with Crippen LogP contribution in [0.1, 0.15) is 31.9 Å². The monoisotopic (exact) mass is 438 g/mol. The van der Waals surface area contributed by atoms with Gasteiger partial charge in [-0.2, -0.15) is 4.98 Å². The minimum atomic E-state index is 0.421. The van der Waals surface area contributed by atoms with Crippen LogP contribution in [0.4, 0.5) is 11.8 Å². The van der Waals surface area contributed by atoms with Gasteiger partial charge in [-0.15, -0.1) is 0 Å². The molecule has 0 bridgehead atoms. The van der Waals surface area contributed by atoms with Crippen LogP contribution in [0.3, 0.4) is 0 Å². The summed E-state index contributed by atoms with van der Waals surface area (Å²) in [6, 6.07) is 7.85. The first-order valence-electron chi connectivity index (χ1n) is 11.0. The molecule has 8 heteroatoms. The molecule has 0 aliphatic carbocycles. The number of aromatic nitrogens is 2. The number of hydrogen-bond acceptors (Lipinski definition) is 8. The second-order valence-electron chi connectivity index (χ2n) is 7.47. The largest absolute Gasteiger partial charge is 0.493 e. The Labute approximate surface area is 188 Å². The van der Waals surface area contributed by atoms with E-state index >= 15 is 0 Å². The first-order chi connectivity index (χ1) is 15.6. The lowest BCUT2D eigenvalue weighted by atomic mass is 9.99. The van der Waals surface area contributed by atoms with E-state index in [1.165, 1.54) is 11.1 Å². The van der Waals surface area contributed by atoms with Crippen LogP contribution < -0.4 is 29.6 Å². The highest BCUT2D eigenvalue weighted by molar-refractivity contribution is 5.91. The van der Waals surface area contributed by atoms with Crippen molar-refractivity contribution in [2.24, 2.45) is 0 Å². The van der Waals surface area contributed by atoms with Gasteiger partial charge in [-0.25, -0.2) is 4.98 Å². The summed E-state index contributed by atoms with van der Waals surface area (Å²) in [5.41, 5.74) is 9.49. The molecule has 0 amide bonds. The van der Waals surface area contributed by atoms with Crippen LogP contribution >= 0.6 is 0 Å². The zero-order valence-corrected chi connectivity index (χ0v) is 19.1. The second-order valence-corrected chi connectivity index (χ2v) is 7.47. The van der Waals surface area contributed by atoms with E-state index < -0.39 is 0 Å². The lowest BCUT2D eigenvalue weighted by Gasteiger charge is -2.30. The van der Waals surface area contributed by atoms with Gasteiger partial charge in [0.05, 0.1) is 32.4 Å². The normalized spacial score (nSPS) is 13.1. The van der Waals surface area contributed by atoms with Gasteiger partial charge in [-0.1, -0.05) is 0 Å². The van der Waals surface area contributed by atoms with Crippen LogP contribution in [0.15, 0.2) is 24.3 Å². The fraction of sp³-hybridized carbons (Fsp3) is 0.417. The summed E-state index contributed by atoms with van der Waals surface area (Å²) in [6.45, 7) is 8.93. The number of ether oxygens (including phenoxy) is 4. The molecule has 1 aliphatic rings. The van der Waals surface area contributed by atoms with Crippen molar-refractivity contribution in [1.82, 2.24) is 9.97 Å². The average Bonchev–Trinajstić information content (AvgIpc) is 2.79. The molecule has 1 aliphatic heterocycles. The van der Waals surface area contributed by atoms with Crippen LogP contribution in [-0.4, -0.2) is 43.4 Å². The van der Waals surface area contributed by atoms with Crippen LogP contribution in [-0.2, 0) is 13.0 Å². The van der Waals surface area contributed by atoms with Crippen molar-refractivity contribution in [1.29, 1.82) is 0 Å². The SMILES string of the molecule is CCOc1cc2c(cc1OC)CCN(c1nc(N)c3cc(OCC)c(OCC)cc3n1)C2. The Hall–Kier alpha value is -3.42. The highest BCUT2D eigenvalue weighted by Gasteiger charge is 2.23. The van der Waals surface area contributed by atoms with E-state index in [1.54, 1.807) is 7.11 Å². The third kappa shape index (κ3) is 4.17. The quantitative estimate of drug-likeness (QED) is 0.565. The van der Waals surface area contributed by atoms with Crippen LogP contribution in [0, 0.1) is 0 Å². The molecule has 1 aromatic heterocycles. The molecular formula is C24H30N4O4. The van der Waals surface area contributed by atoms with Gasteiger partial charge in [0.1, 0.15) is 5.82 Å². The van der Waals surface area contributed by atoms with E-state index in [1.807, 2.05) is 32.9 Å². The minimum absolute atomic E-state index is 0.421. The molecule has 0 saturated carbocycles. The zero-order valence-electron chi connectivity index (χ0n) is 19.1. The van der Waals surface area contributed by atoms with Gasteiger partial charge in [0, 0.05) is 24.5 Å². The standard InChI is InChI=1S/C24H30N4O4/c1-5-30-20-11-16-14-28(9-8-15(16)10-19(20)29-4)24-26-18-13-22(32-7-3)21(31-6-2)12-17(18)23(25)27-24/h10-13H,5-9,14H2,1-4H3,(H2,25,26,27). The number of nitrogen functional groups attached to an aromatic ring is 1. The maximum absolute atomic E-state index is 6.34. The summed E-state index contributed by atoms with van der Waals surface area (Å²) < 4.78 is 22.7. The molecule has 0 atom stereocenters. The van der Waals surface area contributed by atoms with Crippen molar-refractivity contribution in [3.63, 3.8) is 0 Å². The maximum atomic E-state index is 6.34. The second kappa shape index (κ2) is 9.38. The predicted molar refractivity (Wildman–Crippen MR) is 125 cm³/mol. The lowest BCUT2D eigenvalue weighted by Crippen LogP contribution is -2.32. The van der Waals surface area contributed by atoms with Gasteiger partial charge in [-0.3, -0.25) is 0 Å². The summed E-state index contributed by atoms with van der Waals surface area (Å²) in [5, 5.41) is 0.751. The Balaban J connectivity index is 1.69. The molecule has 8 nitrogen and oxygen atoms in total. The first kappa shape index (κ1) is 21.8. The number of rotatable bonds is 8. The van der Waals surface area contributed by atoms with E-state index in [2.05, 4.69) is 22.0 Å². The van der Waals surface area contributed by atoms with Gasteiger partial charge in [0.25, 0.3) is 0 Å². The predicted octanol–water partition coefficient (Wildman–Crippen LogP) is 3.98. The number of nitrogens with two attached hydrogens (primary N) is 1. The van der Waals surface area contributed by atoms with Crippen molar-refractivity contribution in [3.8, 4) is 23.0 Å². The summed E-state index contributed by atoms with van der Waals surface area (Å²) in [4.78, 5) is 11.6. The van der Waals surface area contributed by atoms with Gasteiger partial charge in [-0.05, 0) is 56.5 Å². The molecule has 3 aromatic rings. The molecule has 4 rings (SSSR count). The third-order valence-corrected chi connectivity index (χ3v) is 5.46. The molecule has 2 heterocycles. The number of hydrogen-bond donors (Lipinski definition) is 1. The Kier molecular flexibility index (Phi) is 6.39. The zero-order chi connectivity index (χ0) is 22.7. The molecule has 2 N–H and O–H groups in total. The van der Waals surface area contributed by atoms with Gasteiger partial charge < -0.3 is 29.6 Å². The smallest absolute Gasteiger partial charge is 0.228 e. The van der Waals surface area contributed by atoms with Gasteiger partial charge in [0.2, 0.25) is 5.95 Å². The van der Waals surface area contributed by atoms with Crippen LogP contribution in [0.25, 0.3) is 10.9 Å². The summed E-state index contributed by atoms with van der Waals surface area (Å²) in [5.74, 6) is 3.83. The Morgan fingerprint density at radius 2 is 1.47 bits per heavy atom. The van der Waals surface area contributed by atoms with E-state index in [9.17, 15) is 0 Å². The van der Waals surface area contributed by atoms with Crippen LogP contribution in [0.5, 0.6) is 23.0 Å². The van der Waals surface area contributed by atoms with E-state index in [0.717, 1.165) is 35.4 Å². The Morgan fingerprint density at radius 1 is 0.844 bits per heavy atom. The Bertz CT molecular complexity index is 1120. The average molecular weight is 439 g/mol. The molecule has 0 radical (unpaired) electrons. The van der Waals surface area contributed by atoms with Crippen molar-refractivity contribution < 1.29 is 18.9 Å². The summed E-state index contributed by atoms with van der Waals surface area (Å²) in [7, 11) is 1.67. The molecule has 0 saturated heterocycles. The Morgan fingerprint density at radius 3 is 2.12 bits per heavy atom. The fourth-order valence-corrected chi connectivity index (χ4v) is 3.99. The lowest BCUT2D eigenvalue weighted by molar-refractivity contribution is 0.288. The van der Waals surface area contributed by atoms with Gasteiger partial charge in [0.15, 0.2) is 23.0 Å².